The van der Waals surface area contributed by atoms with Crippen molar-refractivity contribution in [1.29, 1.82) is 0 Å². The molecule has 0 saturated heterocycles. The zero-order valence-electron chi connectivity index (χ0n) is 11.0. The normalized spacial score (nSPS) is 11.4. The second-order valence-corrected chi connectivity index (χ2v) is 7.58. The van der Waals surface area contributed by atoms with Crippen LogP contribution in [-0.2, 0) is 9.84 Å². The van der Waals surface area contributed by atoms with E-state index in [4.69, 9.17) is 0 Å². The first-order chi connectivity index (χ1) is 8.60. The van der Waals surface area contributed by atoms with Gasteiger partial charge >= 0.3 is 0 Å². The molecule has 0 radical (unpaired) electrons. The molecule has 1 N–H and O–H groups in total. The van der Waals surface area contributed by atoms with E-state index in [1.165, 1.54) is 0 Å². The summed E-state index contributed by atoms with van der Waals surface area (Å²) in [6.45, 7) is 4.74. The second kappa shape index (κ2) is 7.69. The highest BCUT2D eigenvalue weighted by Gasteiger charge is 2.10. The molecule has 0 aromatic heterocycles. The number of hydrogen-bond acceptors (Lipinski definition) is 4. The lowest BCUT2D eigenvalue weighted by atomic mass is 10.3. The first kappa shape index (κ1) is 15.4. The van der Waals surface area contributed by atoms with Gasteiger partial charge in [-0.05, 0) is 42.2 Å². The van der Waals surface area contributed by atoms with Gasteiger partial charge in [0.25, 0.3) is 0 Å². The predicted molar refractivity (Wildman–Crippen MR) is 80.3 cm³/mol. The first-order valence-electron chi connectivity index (χ1n) is 6.24. The molecule has 0 fully saturated rings. The molecule has 3 nitrogen and oxygen atoms in total. The summed E-state index contributed by atoms with van der Waals surface area (Å²) in [5, 5.41) is 3.29. The Bertz CT molecular complexity index is 441. The highest BCUT2D eigenvalue weighted by molar-refractivity contribution is 7.99. The third-order valence-electron chi connectivity index (χ3n) is 2.59. The van der Waals surface area contributed by atoms with E-state index in [1.54, 1.807) is 19.1 Å². The SMILES string of the molecule is CCSCCCNc1ccc(S(=O)(=O)CC)cc1. The van der Waals surface area contributed by atoms with Crippen LogP contribution in [0.25, 0.3) is 0 Å². The van der Waals surface area contributed by atoms with Crippen molar-refractivity contribution in [3.05, 3.63) is 24.3 Å². The van der Waals surface area contributed by atoms with Gasteiger partial charge in [0.05, 0.1) is 10.6 Å². The lowest BCUT2D eigenvalue weighted by Crippen LogP contribution is -2.05. The minimum atomic E-state index is -3.08. The highest BCUT2D eigenvalue weighted by Crippen LogP contribution is 2.15. The fraction of sp³-hybridized carbons (Fsp3) is 0.538. The predicted octanol–water partition coefficient (Wildman–Crippen LogP) is 3.04. The molecule has 0 bridgehead atoms. The number of sulfone groups is 1. The van der Waals surface area contributed by atoms with Crippen molar-refractivity contribution in [2.24, 2.45) is 0 Å². The molecule has 0 unspecified atom stereocenters. The van der Waals surface area contributed by atoms with Gasteiger partial charge in [-0.3, -0.25) is 0 Å². The summed E-state index contributed by atoms with van der Waals surface area (Å²) >= 11 is 1.93. The second-order valence-electron chi connectivity index (χ2n) is 3.91. The summed E-state index contributed by atoms with van der Waals surface area (Å²) in [5.74, 6) is 2.46. The van der Waals surface area contributed by atoms with Gasteiger partial charge in [-0.2, -0.15) is 11.8 Å². The standard InChI is InChI=1S/C13H21NO2S2/c1-3-17-11-5-10-14-12-6-8-13(9-7-12)18(15,16)4-2/h6-9,14H,3-5,10-11H2,1-2H3. The van der Waals surface area contributed by atoms with Gasteiger partial charge < -0.3 is 5.32 Å². The van der Waals surface area contributed by atoms with E-state index in [-0.39, 0.29) is 5.75 Å². The first-order valence-corrected chi connectivity index (χ1v) is 9.05. The molecule has 0 spiro atoms. The molecule has 0 aliphatic heterocycles. The molecule has 102 valence electrons. The summed E-state index contributed by atoms with van der Waals surface area (Å²) in [6, 6.07) is 6.99. The summed E-state index contributed by atoms with van der Waals surface area (Å²) in [6.07, 6.45) is 1.12. The van der Waals surface area contributed by atoms with Gasteiger partial charge in [0.15, 0.2) is 9.84 Å². The van der Waals surface area contributed by atoms with Crippen LogP contribution in [0.4, 0.5) is 5.69 Å². The molecule has 0 heterocycles. The molecule has 0 atom stereocenters. The zero-order valence-corrected chi connectivity index (χ0v) is 12.6. The third kappa shape index (κ3) is 4.90. The van der Waals surface area contributed by atoms with Crippen LogP contribution >= 0.6 is 11.8 Å². The molecule has 0 saturated carbocycles. The van der Waals surface area contributed by atoms with Gasteiger partial charge in [-0.25, -0.2) is 8.42 Å². The lowest BCUT2D eigenvalue weighted by Gasteiger charge is -2.07. The number of anilines is 1. The number of thioether (sulfide) groups is 1. The largest absolute Gasteiger partial charge is 0.385 e. The van der Waals surface area contributed by atoms with Crippen molar-refractivity contribution in [2.45, 2.75) is 25.2 Å². The van der Waals surface area contributed by atoms with Gasteiger partial charge in [0.2, 0.25) is 0 Å². The average molecular weight is 287 g/mol. The Morgan fingerprint density at radius 2 is 1.83 bits per heavy atom. The van der Waals surface area contributed by atoms with Crippen molar-refractivity contribution in [2.75, 3.05) is 29.1 Å². The maximum atomic E-state index is 11.6. The van der Waals surface area contributed by atoms with Crippen molar-refractivity contribution >= 4 is 27.3 Å². The van der Waals surface area contributed by atoms with Crippen LogP contribution in [0.1, 0.15) is 20.3 Å². The van der Waals surface area contributed by atoms with E-state index >= 15 is 0 Å². The number of hydrogen-bond donors (Lipinski definition) is 1. The average Bonchev–Trinajstić information content (AvgIpc) is 2.39. The fourth-order valence-electron chi connectivity index (χ4n) is 1.50. The number of nitrogens with one attached hydrogen (secondary N) is 1. The van der Waals surface area contributed by atoms with E-state index in [9.17, 15) is 8.42 Å². The van der Waals surface area contributed by atoms with Crippen molar-refractivity contribution < 1.29 is 8.42 Å². The van der Waals surface area contributed by atoms with Gasteiger partial charge in [0, 0.05) is 12.2 Å². The van der Waals surface area contributed by atoms with Crippen molar-refractivity contribution in [3.8, 4) is 0 Å². The quantitative estimate of drug-likeness (QED) is 0.747. The summed E-state index contributed by atoms with van der Waals surface area (Å²) in [7, 11) is -3.08. The molecule has 0 aliphatic rings. The topological polar surface area (TPSA) is 46.2 Å². The van der Waals surface area contributed by atoms with Crippen LogP contribution < -0.4 is 5.32 Å². The minimum Gasteiger partial charge on any atom is -0.385 e. The van der Waals surface area contributed by atoms with Crippen LogP contribution in [0, 0.1) is 0 Å². The molecule has 18 heavy (non-hydrogen) atoms. The maximum absolute atomic E-state index is 11.6. The number of rotatable bonds is 8. The molecule has 1 aromatic rings. The van der Waals surface area contributed by atoms with Gasteiger partial charge in [-0.1, -0.05) is 13.8 Å². The number of benzene rings is 1. The molecule has 1 rings (SSSR count). The van der Waals surface area contributed by atoms with Crippen molar-refractivity contribution in [3.63, 3.8) is 0 Å². The monoisotopic (exact) mass is 287 g/mol. The fourth-order valence-corrected chi connectivity index (χ4v) is 3.02. The van der Waals surface area contributed by atoms with E-state index in [2.05, 4.69) is 12.2 Å². The van der Waals surface area contributed by atoms with Crippen LogP contribution in [0.3, 0.4) is 0 Å². The Kier molecular flexibility index (Phi) is 6.57. The molecule has 0 aliphatic carbocycles. The minimum absolute atomic E-state index is 0.147. The Balaban J connectivity index is 2.46. The van der Waals surface area contributed by atoms with Crippen LogP contribution in [0.15, 0.2) is 29.2 Å². The van der Waals surface area contributed by atoms with Gasteiger partial charge in [0.1, 0.15) is 0 Å². The van der Waals surface area contributed by atoms with E-state index in [0.29, 0.717) is 4.90 Å². The Morgan fingerprint density at radius 3 is 2.39 bits per heavy atom. The summed E-state index contributed by atoms with van der Waals surface area (Å²) in [4.78, 5) is 0.400. The van der Waals surface area contributed by atoms with Crippen LogP contribution in [0.2, 0.25) is 0 Å². The zero-order chi connectivity index (χ0) is 13.4. The van der Waals surface area contributed by atoms with Gasteiger partial charge in [-0.15, -0.1) is 0 Å². The van der Waals surface area contributed by atoms with E-state index < -0.39 is 9.84 Å². The highest BCUT2D eigenvalue weighted by atomic mass is 32.2. The van der Waals surface area contributed by atoms with E-state index in [0.717, 1.165) is 30.2 Å². The molecule has 1 aromatic carbocycles. The Hall–Kier alpha value is -0.680. The Morgan fingerprint density at radius 1 is 1.17 bits per heavy atom. The van der Waals surface area contributed by atoms with Crippen molar-refractivity contribution in [1.82, 2.24) is 0 Å². The maximum Gasteiger partial charge on any atom is 0.178 e. The molecular formula is C13H21NO2S2. The van der Waals surface area contributed by atoms with E-state index in [1.807, 2.05) is 23.9 Å². The molecule has 5 heteroatoms. The molecular weight excluding hydrogens is 266 g/mol. The summed E-state index contributed by atoms with van der Waals surface area (Å²) < 4.78 is 23.2. The summed E-state index contributed by atoms with van der Waals surface area (Å²) in [5.41, 5.74) is 0.978. The Labute approximate surface area is 114 Å². The third-order valence-corrected chi connectivity index (χ3v) is 5.33. The smallest absolute Gasteiger partial charge is 0.178 e. The molecule has 0 amide bonds. The van der Waals surface area contributed by atoms with Crippen LogP contribution in [-0.4, -0.2) is 32.2 Å². The lowest BCUT2D eigenvalue weighted by molar-refractivity contribution is 0.597. The van der Waals surface area contributed by atoms with Crippen LogP contribution in [0.5, 0.6) is 0 Å².